The molecule has 1 heterocycles. The van der Waals surface area contributed by atoms with Crippen molar-refractivity contribution < 1.29 is 22.7 Å². The van der Waals surface area contributed by atoms with Gasteiger partial charge in [0, 0.05) is 30.4 Å². The van der Waals surface area contributed by atoms with Crippen molar-refractivity contribution >= 4 is 27.5 Å². The van der Waals surface area contributed by atoms with E-state index in [9.17, 15) is 18.0 Å². The number of hydrogen-bond donors (Lipinski definition) is 3. The van der Waals surface area contributed by atoms with E-state index in [1.165, 1.54) is 12.1 Å². The van der Waals surface area contributed by atoms with Crippen LogP contribution in [0.5, 0.6) is 0 Å². The Morgan fingerprint density at radius 2 is 1.62 bits per heavy atom. The lowest BCUT2D eigenvalue weighted by Gasteiger charge is -2.29. The molecule has 1 aliphatic carbocycles. The quantitative estimate of drug-likeness (QED) is 0.512. The number of carbonyl (C=O) groups excluding carboxylic acids is 2. The van der Waals surface area contributed by atoms with Crippen molar-refractivity contribution in [2.45, 2.75) is 88.6 Å². The van der Waals surface area contributed by atoms with Crippen LogP contribution in [-0.2, 0) is 24.3 Å². The zero-order chi connectivity index (χ0) is 24.8. The van der Waals surface area contributed by atoms with Crippen LogP contribution < -0.4 is 15.4 Å². The van der Waals surface area contributed by atoms with Crippen molar-refractivity contribution in [3.8, 4) is 0 Å². The topological polar surface area (TPSA) is 114 Å². The van der Waals surface area contributed by atoms with Gasteiger partial charge in [-0.3, -0.25) is 9.59 Å². The van der Waals surface area contributed by atoms with Crippen LogP contribution in [0.4, 0.5) is 5.69 Å². The molecule has 1 atom stereocenters. The fourth-order valence-corrected chi connectivity index (χ4v) is 6.03. The highest BCUT2D eigenvalue weighted by Gasteiger charge is 2.30. The largest absolute Gasteiger partial charge is 0.381 e. The van der Waals surface area contributed by atoms with Gasteiger partial charge in [0.05, 0.1) is 4.90 Å². The monoisotopic (exact) mass is 493 g/mol. The molecule has 0 unspecified atom stereocenters. The van der Waals surface area contributed by atoms with Crippen LogP contribution in [0.1, 0.15) is 72.1 Å². The molecule has 3 rings (SSSR count). The molecule has 9 heteroatoms. The summed E-state index contributed by atoms with van der Waals surface area (Å²) in [6.45, 7) is 6.68. The molecule has 1 saturated carbocycles. The molecule has 0 bridgehead atoms. The fourth-order valence-electron chi connectivity index (χ4n) is 4.61. The first-order chi connectivity index (χ1) is 16.0. The summed E-state index contributed by atoms with van der Waals surface area (Å²) in [7, 11) is -3.66. The molecule has 34 heavy (non-hydrogen) atoms. The molecule has 8 nitrogen and oxygen atoms in total. The number of amides is 2. The lowest BCUT2D eigenvalue weighted by Crippen LogP contribution is -2.47. The van der Waals surface area contributed by atoms with Crippen molar-refractivity contribution in [3.63, 3.8) is 0 Å². The van der Waals surface area contributed by atoms with Gasteiger partial charge in [-0.15, -0.1) is 0 Å². The Labute approximate surface area is 203 Å². The summed E-state index contributed by atoms with van der Waals surface area (Å²) in [4.78, 5) is 26.2. The van der Waals surface area contributed by atoms with E-state index in [2.05, 4.69) is 15.4 Å². The van der Waals surface area contributed by atoms with E-state index >= 15 is 0 Å². The average molecular weight is 494 g/mol. The summed E-state index contributed by atoms with van der Waals surface area (Å²) in [6, 6.07) is 5.45. The minimum Gasteiger partial charge on any atom is -0.381 e. The lowest BCUT2D eigenvalue weighted by molar-refractivity contribution is -0.130. The van der Waals surface area contributed by atoms with Crippen LogP contribution in [-0.4, -0.2) is 45.0 Å². The predicted octanol–water partition coefficient (Wildman–Crippen LogP) is 3.58. The molecule has 2 amide bonds. The highest BCUT2D eigenvalue weighted by atomic mass is 32.2. The SMILES string of the molecule is CC(C)(C)NS(=O)(=O)c1ccc(NC(=O)[C@H](CC2CCOCC2)NC(=O)C2CCCCC2)cc1. The van der Waals surface area contributed by atoms with Crippen LogP contribution in [0.2, 0.25) is 0 Å². The molecule has 0 aromatic heterocycles. The first-order valence-corrected chi connectivity index (χ1v) is 13.8. The number of ether oxygens (including phenoxy) is 1. The summed E-state index contributed by atoms with van der Waals surface area (Å²) in [5.74, 6) is -0.0358. The Kier molecular flexibility index (Phi) is 9.12. The normalized spacial score (nSPS) is 19.4. The van der Waals surface area contributed by atoms with Crippen LogP contribution in [0.25, 0.3) is 0 Å². The van der Waals surface area contributed by atoms with Crippen molar-refractivity contribution in [2.75, 3.05) is 18.5 Å². The Morgan fingerprint density at radius 1 is 1.00 bits per heavy atom. The van der Waals surface area contributed by atoms with Gasteiger partial charge in [0.2, 0.25) is 21.8 Å². The lowest BCUT2D eigenvalue weighted by atomic mass is 9.87. The predicted molar refractivity (Wildman–Crippen MR) is 132 cm³/mol. The third kappa shape index (κ3) is 8.06. The first kappa shape index (κ1) is 26.6. The molecule has 2 fully saturated rings. The minimum absolute atomic E-state index is 0.0291. The van der Waals surface area contributed by atoms with Gasteiger partial charge in [0.25, 0.3) is 0 Å². The number of rotatable bonds is 8. The molecule has 0 radical (unpaired) electrons. The minimum atomic E-state index is -3.66. The van der Waals surface area contributed by atoms with E-state index < -0.39 is 21.6 Å². The summed E-state index contributed by atoms with van der Waals surface area (Å²) < 4.78 is 33.1. The maximum Gasteiger partial charge on any atom is 0.246 e. The fraction of sp³-hybridized carbons (Fsp3) is 0.680. The zero-order valence-corrected chi connectivity index (χ0v) is 21.4. The van der Waals surface area contributed by atoms with Gasteiger partial charge < -0.3 is 15.4 Å². The van der Waals surface area contributed by atoms with E-state index in [0.29, 0.717) is 31.2 Å². The van der Waals surface area contributed by atoms with Gasteiger partial charge in [0.1, 0.15) is 6.04 Å². The second-order valence-corrected chi connectivity index (χ2v) is 12.2. The average Bonchev–Trinajstić information content (AvgIpc) is 2.78. The van der Waals surface area contributed by atoms with Crippen LogP contribution in [0.3, 0.4) is 0 Å². The van der Waals surface area contributed by atoms with Gasteiger partial charge in [-0.05, 0) is 83.1 Å². The van der Waals surface area contributed by atoms with E-state index in [1.807, 2.05) is 0 Å². The maximum atomic E-state index is 13.2. The van der Waals surface area contributed by atoms with Gasteiger partial charge in [-0.1, -0.05) is 19.3 Å². The van der Waals surface area contributed by atoms with E-state index in [1.54, 1.807) is 32.9 Å². The molecule has 190 valence electrons. The Hall–Kier alpha value is -1.97. The first-order valence-electron chi connectivity index (χ1n) is 12.4. The third-order valence-corrected chi connectivity index (χ3v) is 8.17. The Morgan fingerprint density at radius 3 is 2.21 bits per heavy atom. The number of hydrogen-bond acceptors (Lipinski definition) is 5. The zero-order valence-electron chi connectivity index (χ0n) is 20.6. The highest BCUT2D eigenvalue weighted by Crippen LogP contribution is 2.25. The molecule has 2 aliphatic rings. The number of sulfonamides is 1. The van der Waals surface area contributed by atoms with Crippen LogP contribution in [0, 0.1) is 11.8 Å². The number of carbonyl (C=O) groups is 2. The second kappa shape index (κ2) is 11.6. The van der Waals surface area contributed by atoms with Gasteiger partial charge in [-0.25, -0.2) is 13.1 Å². The van der Waals surface area contributed by atoms with Crippen molar-refractivity contribution in [3.05, 3.63) is 24.3 Å². The number of benzene rings is 1. The van der Waals surface area contributed by atoms with Gasteiger partial charge >= 0.3 is 0 Å². The highest BCUT2D eigenvalue weighted by molar-refractivity contribution is 7.89. The second-order valence-electron chi connectivity index (χ2n) is 10.6. The molecule has 3 N–H and O–H groups in total. The van der Waals surface area contributed by atoms with Crippen molar-refractivity contribution in [2.24, 2.45) is 11.8 Å². The summed E-state index contributed by atoms with van der Waals surface area (Å²) in [5.41, 5.74) is -0.108. The van der Waals surface area contributed by atoms with Crippen LogP contribution >= 0.6 is 0 Å². The molecule has 1 aromatic carbocycles. The summed E-state index contributed by atoms with van der Waals surface area (Å²) in [6.07, 6.45) is 7.31. The summed E-state index contributed by atoms with van der Waals surface area (Å²) >= 11 is 0. The smallest absolute Gasteiger partial charge is 0.246 e. The van der Waals surface area contributed by atoms with Crippen LogP contribution in [0.15, 0.2) is 29.2 Å². The molecular weight excluding hydrogens is 454 g/mol. The molecular formula is C25H39N3O5S. The van der Waals surface area contributed by atoms with E-state index in [0.717, 1.165) is 44.9 Å². The maximum absolute atomic E-state index is 13.2. The molecule has 1 aliphatic heterocycles. The number of anilines is 1. The summed E-state index contributed by atoms with van der Waals surface area (Å²) in [5, 5.41) is 5.88. The molecule has 1 saturated heterocycles. The Bertz CT molecular complexity index is 928. The van der Waals surface area contributed by atoms with Crippen molar-refractivity contribution in [1.82, 2.24) is 10.0 Å². The van der Waals surface area contributed by atoms with E-state index in [-0.39, 0.29) is 22.6 Å². The van der Waals surface area contributed by atoms with E-state index in [4.69, 9.17) is 4.74 Å². The number of nitrogens with one attached hydrogen (secondary N) is 3. The standard InChI is InChI=1S/C25H39N3O5S/c1-25(2,3)28-34(31,32)21-11-9-20(10-12-21)26-24(30)22(17-18-13-15-33-16-14-18)27-23(29)19-7-5-4-6-8-19/h9-12,18-19,22,28H,4-8,13-17H2,1-3H3,(H,26,30)(H,27,29)/t22-/m0/s1. The molecule has 1 aromatic rings. The Balaban J connectivity index is 1.67. The van der Waals surface area contributed by atoms with Gasteiger partial charge in [0.15, 0.2) is 0 Å². The third-order valence-electron chi connectivity index (χ3n) is 6.39. The molecule has 0 spiro atoms. The van der Waals surface area contributed by atoms with Gasteiger partial charge in [-0.2, -0.15) is 0 Å². The van der Waals surface area contributed by atoms with Crippen molar-refractivity contribution in [1.29, 1.82) is 0 Å².